The van der Waals surface area contributed by atoms with Crippen LogP contribution in [0, 0.1) is 0 Å². The van der Waals surface area contributed by atoms with Crippen molar-refractivity contribution in [2.45, 2.75) is 46.9 Å². The van der Waals surface area contributed by atoms with Gasteiger partial charge in [0, 0.05) is 0 Å². The first-order chi connectivity index (χ1) is 7.99. The van der Waals surface area contributed by atoms with Crippen LogP contribution in [0.2, 0.25) is 6.34 Å². The fraction of sp³-hybridized carbons (Fsp3) is 0.500. The summed E-state index contributed by atoms with van der Waals surface area (Å²) in [4.78, 5) is 0. The third-order valence-electron chi connectivity index (χ3n) is 3.61. The van der Waals surface area contributed by atoms with Crippen LogP contribution in [-0.2, 0) is 22.9 Å². The van der Waals surface area contributed by atoms with Gasteiger partial charge in [-0.15, -0.1) is 0 Å². The van der Waals surface area contributed by atoms with Crippen molar-refractivity contribution in [3.8, 4) is 0 Å². The molecule has 2 rings (SSSR count). The predicted molar refractivity (Wildman–Crippen MR) is 71.8 cm³/mol. The SMILES string of the molecule is CCC1=C[C](C)([Hf][C]2(C)C=CC(CC)=C2)C=C1. The standard InChI is InChI=1S/2C8H11.Hf/c2*1-3-8-5-4-7(2)6-8;/h2*4-6H,3H2,1-2H3;. The zero-order valence-electron chi connectivity index (χ0n) is 11.4. The van der Waals surface area contributed by atoms with Crippen LogP contribution < -0.4 is 0 Å². The van der Waals surface area contributed by atoms with E-state index in [2.05, 4.69) is 64.2 Å². The molecule has 0 aromatic heterocycles. The van der Waals surface area contributed by atoms with E-state index < -0.39 is 22.9 Å². The van der Waals surface area contributed by atoms with E-state index in [0.29, 0.717) is 6.34 Å². The molecule has 0 aliphatic heterocycles. The minimum atomic E-state index is -0.805. The summed E-state index contributed by atoms with van der Waals surface area (Å²) in [5, 5.41) is 0. The average Bonchev–Trinajstić information content (AvgIpc) is 2.82. The summed E-state index contributed by atoms with van der Waals surface area (Å²) < 4.78 is 0.869. The summed E-state index contributed by atoms with van der Waals surface area (Å²) in [5.74, 6) is 0. The second kappa shape index (κ2) is 4.84. The number of hydrogen-bond donors (Lipinski definition) is 0. The molecule has 1 heteroatoms. The van der Waals surface area contributed by atoms with Crippen molar-refractivity contribution in [3.05, 3.63) is 47.6 Å². The molecule has 2 aliphatic carbocycles. The Kier molecular flexibility index (Phi) is 3.77. The molecule has 2 unspecified atom stereocenters. The molecule has 0 fully saturated rings. The number of allylic oxidation sites excluding steroid dienone is 8. The summed E-state index contributed by atoms with van der Waals surface area (Å²) in [5.41, 5.74) is 3.07. The molecule has 0 saturated heterocycles. The second-order valence-corrected chi connectivity index (χ2v) is 14.1. The summed E-state index contributed by atoms with van der Waals surface area (Å²) in [6.45, 7) is 9.38. The zero-order valence-corrected chi connectivity index (χ0v) is 15.0. The quantitative estimate of drug-likeness (QED) is 0.574. The Bertz CT molecular complexity index is 385. The molecule has 0 aromatic rings. The normalized spacial score (nSPS) is 35.1. The van der Waals surface area contributed by atoms with E-state index in [4.69, 9.17) is 0 Å². The summed E-state index contributed by atoms with van der Waals surface area (Å²) in [6, 6.07) is 0. The molecule has 0 nitrogen and oxygen atoms in total. The van der Waals surface area contributed by atoms with Crippen LogP contribution in [0.4, 0.5) is 0 Å². The van der Waals surface area contributed by atoms with Crippen LogP contribution in [0.3, 0.4) is 0 Å². The van der Waals surface area contributed by atoms with Crippen LogP contribution in [0.1, 0.15) is 40.5 Å². The Balaban J connectivity index is 2.14. The molecule has 0 aromatic carbocycles. The average molecular weight is 393 g/mol. The van der Waals surface area contributed by atoms with E-state index in [1.807, 2.05) is 0 Å². The molecule has 0 spiro atoms. The molecule has 0 N–H and O–H groups in total. The van der Waals surface area contributed by atoms with Gasteiger partial charge in [-0.05, 0) is 0 Å². The Labute approximate surface area is 117 Å². The van der Waals surface area contributed by atoms with Crippen molar-refractivity contribution < 1.29 is 22.9 Å². The van der Waals surface area contributed by atoms with Crippen LogP contribution in [0.5, 0.6) is 0 Å². The maximum absolute atomic E-state index is 2.53. The molecule has 17 heavy (non-hydrogen) atoms. The van der Waals surface area contributed by atoms with Gasteiger partial charge in [0.05, 0.1) is 0 Å². The van der Waals surface area contributed by atoms with E-state index in [-0.39, 0.29) is 0 Å². The van der Waals surface area contributed by atoms with Gasteiger partial charge in [-0.25, -0.2) is 0 Å². The molecule has 90 valence electrons. The molecule has 2 atom stereocenters. The van der Waals surface area contributed by atoms with Crippen molar-refractivity contribution in [3.63, 3.8) is 0 Å². The summed E-state index contributed by atoms with van der Waals surface area (Å²) in [6.07, 6.45) is 17.0. The van der Waals surface area contributed by atoms with Crippen molar-refractivity contribution in [2.75, 3.05) is 0 Å². The van der Waals surface area contributed by atoms with Gasteiger partial charge in [0.25, 0.3) is 0 Å². The van der Waals surface area contributed by atoms with Crippen molar-refractivity contribution in [1.29, 1.82) is 0 Å². The molecule has 2 aliphatic rings. The third kappa shape index (κ3) is 2.99. The van der Waals surface area contributed by atoms with Gasteiger partial charge in [-0.1, -0.05) is 0 Å². The second-order valence-electron chi connectivity index (χ2n) is 5.50. The third-order valence-corrected chi connectivity index (χ3v) is 9.72. The van der Waals surface area contributed by atoms with Crippen LogP contribution in [0.25, 0.3) is 0 Å². The van der Waals surface area contributed by atoms with Crippen molar-refractivity contribution >= 4 is 0 Å². The maximum atomic E-state index is 2.53. The molecule has 0 saturated carbocycles. The van der Waals surface area contributed by atoms with Gasteiger partial charge in [-0.3, -0.25) is 0 Å². The van der Waals surface area contributed by atoms with Gasteiger partial charge >= 0.3 is 117 Å². The van der Waals surface area contributed by atoms with Crippen LogP contribution in [0.15, 0.2) is 47.6 Å². The number of rotatable bonds is 4. The minimum absolute atomic E-state index is 0.435. The van der Waals surface area contributed by atoms with E-state index in [1.54, 1.807) is 0 Å². The molecular formula is C16H22Hf. The van der Waals surface area contributed by atoms with E-state index in [0.717, 1.165) is 0 Å². The fourth-order valence-corrected chi connectivity index (χ4v) is 9.92. The van der Waals surface area contributed by atoms with Gasteiger partial charge in [0.15, 0.2) is 0 Å². The molecule has 0 amide bonds. The zero-order chi connectivity index (χ0) is 12.5. The Morgan fingerprint density at radius 2 is 1.29 bits per heavy atom. The first-order valence-corrected chi connectivity index (χ1v) is 10.2. The Hall–Kier alpha value is -0.170. The molecular weight excluding hydrogens is 371 g/mol. The van der Waals surface area contributed by atoms with Gasteiger partial charge in [0.1, 0.15) is 0 Å². The fourth-order valence-electron chi connectivity index (χ4n) is 2.70. The van der Waals surface area contributed by atoms with Crippen LogP contribution in [-0.4, -0.2) is 0 Å². The summed E-state index contributed by atoms with van der Waals surface area (Å²) >= 11 is -0.805. The first kappa shape index (κ1) is 13.3. The Morgan fingerprint density at radius 1 is 0.882 bits per heavy atom. The predicted octanol–water partition coefficient (Wildman–Crippen LogP) is 5.24. The van der Waals surface area contributed by atoms with E-state index >= 15 is 0 Å². The number of hydrogen-bond acceptors (Lipinski definition) is 0. The Morgan fingerprint density at radius 3 is 1.59 bits per heavy atom. The monoisotopic (exact) mass is 394 g/mol. The van der Waals surface area contributed by atoms with Crippen molar-refractivity contribution in [2.24, 2.45) is 0 Å². The van der Waals surface area contributed by atoms with Crippen LogP contribution >= 0.6 is 0 Å². The van der Waals surface area contributed by atoms with E-state index in [9.17, 15) is 0 Å². The molecule has 0 radical (unpaired) electrons. The molecule has 0 bridgehead atoms. The van der Waals surface area contributed by atoms with E-state index in [1.165, 1.54) is 24.0 Å². The van der Waals surface area contributed by atoms with Crippen molar-refractivity contribution in [1.82, 2.24) is 0 Å². The topological polar surface area (TPSA) is 0 Å². The van der Waals surface area contributed by atoms with Gasteiger partial charge in [0.2, 0.25) is 0 Å². The van der Waals surface area contributed by atoms with Gasteiger partial charge in [-0.2, -0.15) is 0 Å². The first-order valence-electron chi connectivity index (χ1n) is 6.60. The summed E-state index contributed by atoms with van der Waals surface area (Å²) in [7, 11) is 0. The molecule has 0 heterocycles. The van der Waals surface area contributed by atoms with Gasteiger partial charge < -0.3 is 0 Å².